The molecule has 0 radical (unpaired) electrons. The molecule has 0 amide bonds. The van der Waals surface area contributed by atoms with E-state index in [2.05, 4.69) is 19.9 Å². The third kappa shape index (κ3) is 3.01. The van der Waals surface area contributed by atoms with Crippen molar-refractivity contribution in [1.29, 1.82) is 0 Å². The van der Waals surface area contributed by atoms with Crippen LogP contribution >= 0.6 is 0 Å². The minimum Gasteiger partial charge on any atom is -0.507 e. The largest absolute Gasteiger partial charge is 0.507 e. The van der Waals surface area contributed by atoms with E-state index in [4.69, 9.17) is 0 Å². The van der Waals surface area contributed by atoms with E-state index in [9.17, 15) is 5.11 Å². The zero-order valence-corrected chi connectivity index (χ0v) is 10.8. The summed E-state index contributed by atoms with van der Waals surface area (Å²) < 4.78 is 0. The van der Waals surface area contributed by atoms with Crippen LogP contribution in [-0.4, -0.2) is 5.11 Å². The van der Waals surface area contributed by atoms with E-state index in [-0.39, 0.29) is 0 Å². The van der Waals surface area contributed by atoms with Gasteiger partial charge in [0.2, 0.25) is 0 Å². The van der Waals surface area contributed by atoms with Gasteiger partial charge < -0.3 is 5.11 Å². The first-order chi connectivity index (χ1) is 8.66. The van der Waals surface area contributed by atoms with Gasteiger partial charge in [-0.2, -0.15) is 0 Å². The predicted octanol–water partition coefficient (Wildman–Crippen LogP) is 4.69. The Morgan fingerprint density at radius 1 is 0.944 bits per heavy atom. The Morgan fingerprint density at radius 3 is 2.28 bits per heavy atom. The van der Waals surface area contributed by atoms with E-state index in [1.165, 1.54) is 0 Å². The SMILES string of the molecule is CC(C)c1ccc(C=Cc2ccccc2)c(O)c1. The van der Waals surface area contributed by atoms with Crippen molar-refractivity contribution in [2.75, 3.05) is 0 Å². The van der Waals surface area contributed by atoms with Crippen LogP contribution in [0.4, 0.5) is 0 Å². The fourth-order valence-electron chi connectivity index (χ4n) is 1.81. The Hall–Kier alpha value is -2.02. The number of hydrogen-bond acceptors (Lipinski definition) is 1. The maximum atomic E-state index is 9.97. The topological polar surface area (TPSA) is 20.2 Å². The van der Waals surface area contributed by atoms with Gasteiger partial charge in [-0.1, -0.05) is 68.5 Å². The fourth-order valence-corrected chi connectivity index (χ4v) is 1.81. The third-order valence-corrected chi connectivity index (χ3v) is 2.98. The summed E-state index contributed by atoms with van der Waals surface area (Å²) >= 11 is 0. The lowest BCUT2D eigenvalue weighted by Gasteiger charge is -2.07. The first kappa shape index (κ1) is 12.4. The monoisotopic (exact) mass is 238 g/mol. The summed E-state index contributed by atoms with van der Waals surface area (Å²) in [5.74, 6) is 0.774. The maximum Gasteiger partial charge on any atom is 0.123 e. The minimum absolute atomic E-state index is 0.341. The molecule has 0 aliphatic rings. The lowest BCUT2D eigenvalue weighted by molar-refractivity contribution is 0.473. The van der Waals surface area contributed by atoms with Crippen LogP contribution in [0.5, 0.6) is 5.75 Å². The summed E-state index contributed by atoms with van der Waals surface area (Å²) in [7, 11) is 0. The molecule has 0 aliphatic heterocycles. The molecule has 0 aromatic heterocycles. The van der Waals surface area contributed by atoms with Gasteiger partial charge in [-0.3, -0.25) is 0 Å². The van der Waals surface area contributed by atoms with Crippen LogP contribution in [0.15, 0.2) is 48.5 Å². The predicted molar refractivity (Wildman–Crippen MR) is 77.6 cm³/mol. The Labute approximate surface area is 108 Å². The van der Waals surface area contributed by atoms with Crippen molar-refractivity contribution >= 4 is 12.2 Å². The van der Waals surface area contributed by atoms with Crippen LogP contribution in [0.3, 0.4) is 0 Å². The highest BCUT2D eigenvalue weighted by Crippen LogP contribution is 2.25. The molecule has 1 nitrogen and oxygen atoms in total. The molecule has 0 heterocycles. The average molecular weight is 238 g/mol. The molecule has 0 unspecified atom stereocenters. The summed E-state index contributed by atoms with van der Waals surface area (Å²) in [5.41, 5.74) is 3.14. The van der Waals surface area contributed by atoms with Crippen molar-refractivity contribution in [3.8, 4) is 5.75 Å². The maximum absolute atomic E-state index is 9.97. The van der Waals surface area contributed by atoms with E-state index in [1.54, 1.807) is 0 Å². The molecule has 2 aromatic carbocycles. The molecule has 1 heteroatoms. The number of rotatable bonds is 3. The van der Waals surface area contributed by atoms with E-state index >= 15 is 0 Å². The van der Waals surface area contributed by atoms with Crippen molar-refractivity contribution in [2.45, 2.75) is 19.8 Å². The van der Waals surface area contributed by atoms with Gasteiger partial charge in [-0.25, -0.2) is 0 Å². The van der Waals surface area contributed by atoms with Gasteiger partial charge in [0.25, 0.3) is 0 Å². The quantitative estimate of drug-likeness (QED) is 0.769. The van der Waals surface area contributed by atoms with Gasteiger partial charge in [0.05, 0.1) is 0 Å². The first-order valence-electron chi connectivity index (χ1n) is 6.23. The van der Waals surface area contributed by atoms with Gasteiger partial charge in [0.1, 0.15) is 5.75 Å². The molecule has 0 spiro atoms. The zero-order chi connectivity index (χ0) is 13.0. The average Bonchev–Trinajstić information content (AvgIpc) is 2.38. The number of benzene rings is 2. The second-order valence-corrected chi connectivity index (χ2v) is 4.72. The van der Waals surface area contributed by atoms with Crippen molar-refractivity contribution in [3.63, 3.8) is 0 Å². The second kappa shape index (κ2) is 5.54. The number of hydrogen-bond donors (Lipinski definition) is 1. The number of aromatic hydroxyl groups is 1. The van der Waals surface area contributed by atoms with Crippen LogP contribution in [0.25, 0.3) is 12.2 Å². The molecule has 0 bridgehead atoms. The standard InChI is InChI=1S/C17H18O/c1-13(2)16-11-10-15(17(18)12-16)9-8-14-6-4-3-5-7-14/h3-13,18H,1-2H3. The highest BCUT2D eigenvalue weighted by atomic mass is 16.3. The van der Waals surface area contributed by atoms with E-state index in [1.807, 2.05) is 54.6 Å². The second-order valence-electron chi connectivity index (χ2n) is 4.72. The Morgan fingerprint density at radius 2 is 1.67 bits per heavy atom. The van der Waals surface area contributed by atoms with Gasteiger partial charge >= 0.3 is 0 Å². The smallest absolute Gasteiger partial charge is 0.123 e. The normalized spacial score (nSPS) is 11.3. The molecule has 0 fully saturated rings. The van der Waals surface area contributed by atoms with Crippen LogP contribution < -0.4 is 0 Å². The van der Waals surface area contributed by atoms with Gasteiger partial charge in [0.15, 0.2) is 0 Å². The van der Waals surface area contributed by atoms with Gasteiger partial charge in [-0.05, 0) is 23.1 Å². The van der Waals surface area contributed by atoms with E-state index < -0.39 is 0 Å². The molecule has 92 valence electrons. The van der Waals surface area contributed by atoms with Crippen molar-refractivity contribution < 1.29 is 5.11 Å². The molecule has 18 heavy (non-hydrogen) atoms. The molecule has 0 atom stereocenters. The Balaban J connectivity index is 2.22. The first-order valence-corrected chi connectivity index (χ1v) is 6.23. The highest BCUT2D eigenvalue weighted by molar-refractivity contribution is 5.72. The Bertz CT molecular complexity index is 539. The molecular formula is C17H18O. The summed E-state index contributed by atoms with van der Waals surface area (Å²) in [6.45, 7) is 4.24. The number of phenolic OH excluding ortho intramolecular Hbond substituents is 1. The molecule has 2 rings (SSSR count). The van der Waals surface area contributed by atoms with Crippen molar-refractivity contribution in [2.24, 2.45) is 0 Å². The molecule has 2 aromatic rings. The fraction of sp³-hybridized carbons (Fsp3) is 0.176. The third-order valence-electron chi connectivity index (χ3n) is 2.98. The van der Waals surface area contributed by atoms with Crippen LogP contribution in [0.2, 0.25) is 0 Å². The van der Waals surface area contributed by atoms with Crippen LogP contribution in [0, 0.1) is 0 Å². The van der Waals surface area contributed by atoms with Crippen molar-refractivity contribution in [3.05, 3.63) is 65.2 Å². The minimum atomic E-state index is 0.341. The lowest BCUT2D eigenvalue weighted by atomic mass is 10.0. The van der Waals surface area contributed by atoms with E-state index in [0.717, 1.165) is 16.7 Å². The zero-order valence-electron chi connectivity index (χ0n) is 10.8. The molecule has 0 saturated carbocycles. The van der Waals surface area contributed by atoms with Crippen LogP contribution in [0.1, 0.15) is 36.5 Å². The lowest BCUT2D eigenvalue weighted by Crippen LogP contribution is -1.87. The summed E-state index contributed by atoms with van der Waals surface area (Å²) in [6, 6.07) is 15.9. The Kier molecular flexibility index (Phi) is 3.83. The molecule has 1 N–H and O–H groups in total. The summed E-state index contributed by atoms with van der Waals surface area (Å²) in [4.78, 5) is 0. The van der Waals surface area contributed by atoms with Crippen LogP contribution in [-0.2, 0) is 0 Å². The summed E-state index contributed by atoms with van der Waals surface area (Å²) in [5, 5.41) is 9.97. The number of phenols is 1. The van der Waals surface area contributed by atoms with Gasteiger partial charge in [0, 0.05) is 5.56 Å². The molecule has 0 aliphatic carbocycles. The highest BCUT2D eigenvalue weighted by Gasteiger charge is 2.02. The van der Waals surface area contributed by atoms with Crippen molar-refractivity contribution in [1.82, 2.24) is 0 Å². The van der Waals surface area contributed by atoms with E-state index in [0.29, 0.717) is 11.7 Å². The van der Waals surface area contributed by atoms with Gasteiger partial charge in [-0.15, -0.1) is 0 Å². The summed E-state index contributed by atoms with van der Waals surface area (Å²) in [6.07, 6.45) is 3.94. The molecule has 0 saturated heterocycles. The molecular weight excluding hydrogens is 220 g/mol.